The van der Waals surface area contributed by atoms with Crippen molar-refractivity contribution < 1.29 is 23.7 Å². The Kier molecular flexibility index (Phi) is 8.51. The van der Waals surface area contributed by atoms with Gasteiger partial charge in [-0.25, -0.2) is 0 Å². The summed E-state index contributed by atoms with van der Waals surface area (Å²) in [7, 11) is 3.11. The summed E-state index contributed by atoms with van der Waals surface area (Å²) in [6.45, 7) is 2.95. The molecule has 0 saturated heterocycles. The normalized spacial score (nSPS) is 14.8. The SMILES string of the molecule is CCC(COC)OC(COC=O)OC. The Bertz CT molecular complexity index is 139. The van der Waals surface area contributed by atoms with Gasteiger partial charge in [0, 0.05) is 14.2 Å². The quantitative estimate of drug-likeness (QED) is 0.408. The maximum Gasteiger partial charge on any atom is 0.293 e. The minimum Gasteiger partial charge on any atom is -0.462 e. The second-order valence-electron chi connectivity index (χ2n) is 2.72. The average molecular weight is 206 g/mol. The van der Waals surface area contributed by atoms with Gasteiger partial charge < -0.3 is 18.9 Å². The van der Waals surface area contributed by atoms with Crippen LogP contribution in [-0.4, -0.2) is 46.3 Å². The van der Waals surface area contributed by atoms with Crippen molar-refractivity contribution in [1.82, 2.24) is 0 Å². The molecule has 0 radical (unpaired) electrons. The predicted molar refractivity (Wildman–Crippen MR) is 49.9 cm³/mol. The largest absolute Gasteiger partial charge is 0.462 e. The van der Waals surface area contributed by atoms with Crippen molar-refractivity contribution in [3.05, 3.63) is 0 Å². The van der Waals surface area contributed by atoms with Gasteiger partial charge in [0.05, 0.1) is 12.7 Å². The van der Waals surface area contributed by atoms with Crippen LogP contribution in [-0.2, 0) is 23.7 Å². The third-order valence-electron chi connectivity index (χ3n) is 1.72. The van der Waals surface area contributed by atoms with Gasteiger partial charge in [-0.2, -0.15) is 0 Å². The van der Waals surface area contributed by atoms with Crippen LogP contribution in [0, 0.1) is 0 Å². The fourth-order valence-corrected chi connectivity index (χ4v) is 0.935. The van der Waals surface area contributed by atoms with Crippen LogP contribution in [0.1, 0.15) is 13.3 Å². The van der Waals surface area contributed by atoms with Crippen LogP contribution in [0.4, 0.5) is 0 Å². The van der Waals surface area contributed by atoms with Crippen LogP contribution < -0.4 is 0 Å². The van der Waals surface area contributed by atoms with Gasteiger partial charge >= 0.3 is 0 Å². The van der Waals surface area contributed by atoms with Crippen molar-refractivity contribution in [1.29, 1.82) is 0 Å². The number of ether oxygens (including phenoxy) is 4. The summed E-state index contributed by atoms with van der Waals surface area (Å²) in [5.74, 6) is 0. The molecule has 0 heterocycles. The molecule has 2 atom stereocenters. The molecule has 0 rings (SSSR count). The number of hydrogen-bond acceptors (Lipinski definition) is 5. The van der Waals surface area contributed by atoms with Crippen LogP contribution in [0.2, 0.25) is 0 Å². The van der Waals surface area contributed by atoms with Gasteiger partial charge in [-0.1, -0.05) is 6.92 Å². The zero-order valence-electron chi connectivity index (χ0n) is 8.89. The smallest absolute Gasteiger partial charge is 0.293 e. The Morgan fingerprint density at radius 2 is 2.00 bits per heavy atom. The number of rotatable bonds is 9. The highest BCUT2D eigenvalue weighted by atomic mass is 16.7. The van der Waals surface area contributed by atoms with E-state index in [9.17, 15) is 4.79 Å². The van der Waals surface area contributed by atoms with E-state index in [0.717, 1.165) is 6.42 Å². The van der Waals surface area contributed by atoms with Crippen molar-refractivity contribution in [2.75, 3.05) is 27.4 Å². The van der Waals surface area contributed by atoms with Gasteiger partial charge in [0.1, 0.15) is 6.61 Å². The molecule has 0 N–H and O–H groups in total. The summed E-state index contributed by atoms with van der Waals surface area (Å²) in [6.07, 6.45) is 0.245. The second-order valence-corrected chi connectivity index (χ2v) is 2.72. The van der Waals surface area contributed by atoms with Crippen LogP contribution >= 0.6 is 0 Å². The van der Waals surface area contributed by atoms with Gasteiger partial charge in [-0.3, -0.25) is 4.79 Å². The molecule has 5 nitrogen and oxygen atoms in total. The second kappa shape index (κ2) is 8.93. The molecular weight excluding hydrogens is 188 g/mol. The van der Waals surface area contributed by atoms with Crippen molar-refractivity contribution in [2.24, 2.45) is 0 Å². The molecule has 14 heavy (non-hydrogen) atoms. The lowest BCUT2D eigenvalue weighted by Gasteiger charge is -2.21. The Morgan fingerprint density at radius 1 is 1.29 bits per heavy atom. The minimum absolute atomic E-state index is 0.0415. The molecule has 0 spiro atoms. The zero-order valence-corrected chi connectivity index (χ0v) is 8.89. The first kappa shape index (κ1) is 13.4. The molecule has 0 aromatic heterocycles. The van der Waals surface area contributed by atoms with E-state index in [2.05, 4.69) is 4.74 Å². The maximum absolute atomic E-state index is 9.95. The number of carbonyl (C=O) groups excluding carboxylic acids is 1. The summed E-state index contributed by atoms with van der Waals surface area (Å²) in [5, 5.41) is 0. The van der Waals surface area contributed by atoms with E-state index < -0.39 is 6.29 Å². The lowest BCUT2D eigenvalue weighted by molar-refractivity contribution is -0.191. The Labute approximate surface area is 84.3 Å². The molecule has 0 saturated carbocycles. The highest BCUT2D eigenvalue weighted by Crippen LogP contribution is 2.04. The molecule has 0 bridgehead atoms. The van der Waals surface area contributed by atoms with Crippen molar-refractivity contribution in [3.63, 3.8) is 0 Å². The van der Waals surface area contributed by atoms with Crippen molar-refractivity contribution in [2.45, 2.75) is 25.7 Å². The molecule has 0 fully saturated rings. The van der Waals surface area contributed by atoms with E-state index in [1.165, 1.54) is 7.11 Å². The molecule has 2 unspecified atom stereocenters. The topological polar surface area (TPSA) is 54.0 Å². The molecule has 0 aliphatic rings. The molecule has 0 amide bonds. The molecule has 84 valence electrons. The fraction of sp³-hybridized carbons (Fsp3) is 0.889. The predicted octanol–water partition coefficient (Wildman–Crippen LogP) is 0.573. The zero-order chi connectivity index (χ0) is 10.8. The lowest BCUT2D eigenvalue weighted by atomic mass is 10.3. The first-order chi connectivity index (χ1) is 6.78. The average Bonchev–Trinajstić information content (AvgIpc) is 2.22. The molecule has 0 aliphatic heterocycles. The first-order valence-electron chi connectivity index (χ1n) is 4.50. The molecule has 0 aromatic rings. The van der Waals surface area contributed by atoms with Gasteiger partial charge in [-0.05, 0) is 6.42 Å². The molecule has 5 heteroatoms. The van der Waals surface area contributed by atoms with Crippen LogP contribution in [0.15, 0.2) is 0 Å². The van der Waals surface area contributed by atoms with E-state index in [1.807, 2.05) is 6.92 Å². The van der Waals surface area contributed by atoms with Crippen molar-refractivity contribution >= 4 is 6.47 Å². The van der Waals surface area contributed by atoms with Crippen LogP contribution in [0.5, 0.6) is 0 Å². The van der Waals surface area contributed by atoms with Gasteiger partial charge in [0.25, 0.3) is 6.47 Å². The summed E-state index contributed by atoms with van der Waals surface area (Å²) in [6, 6.07) is 0. The number of carbonyl (C=O) groups is 1. The van der Waals surface area contributed by atoms with E-state index in [4.69, 9.17) is 14.2 Å². The Morgan fingerprint density at radius 3 is 2.43 bits per heavy atom. The number of hydrogen-bond donors (Lipinski definition) is 0. The summed E-state index contributed by atoms with van der Waals surface area (Å²) in [4.78, 5) is 9.95. The molecule has 0 aromatic carbocycles. The van der Waals surface area contributed by atoms with Crippen LogP contribution in [0.3, 0.4) is 0 Å². The van der Waals surface area contributed by atoms with Crippen LogP contribution in [0.25, 0.3) is 0 Å². The Hall–Kier alpha value is -0.650. The molecule has 0 aliphatic carbocycles. The van der Waals surface area contributed by atoms with E-state index in [1.54, 1.807) is 7.11 Å². The summed E-state index contributed by atoms with van der Waals surface area (Å²) >= 11 is 0. The van der Waals surface area contributed by atoms with Crippen molar-refractivity contribution in [3.8, 4) is 0 Å². The van der Waals surface area contributed by atoms with Gasteiger partial charge in [0.2, 0.25) is 0 Å². The minimum atomic E-state index is -0.528. The molecular formula is C9H18O5. The van der Waals surface area contributed by atoms with E-state index in [-0.39, 0.29) is 12.7 Å². The standard InChI is InChI=1S/C9H18O5/c1-4-8(5-11-2)14-9(12-3)6-13-7-10/h7-9H,4-6H2,1-3H3. The maximum atomic E-state index is 9.95. The Balaban J connectivity index is 3.80. The summed E-state index contributed by atoms with van der Waals surface area (Å²) < 4.78 is 19.9. The highest BCUT2D eigenvalue weighted by molar-refractivity contribution is 5.36. The first-order valence-corrected chi connectivity index (χ1v) is 4.50. The summed E-state index contributed by atoms with van der Waals surface area (Å²) in [5.41, 5.74) is 0. The third kappa shape index (κ3) is 5.90. The van der Waals surface area contributed by atoms with E-state index >= 15 is 0 Å². The fourth-order valence-electron chi connectivity index (χ4n) is 0.935. The monoisotopic (exact) mass is 206 g/mol. The highest BCUT2D eigenvalue weighted by Gasteiger charge is 2.14. The third-order valence-corrected chi connectivity index (χ3v) is 1.72. The lowest BCUT2D eigenvalue weighted by Crippen LogP contribution is -2.30. The van der Waals surface area contributed by atoms with E-state index in [0.29, 0.717) is 13.1 Å². The number of methoxy groups -OCH3 is 2. The van der Waals surface area contributed by atoms with Gasteiger partial charge in [-0.15, -0.1) is 0 Å². The van der Waals surface area contributed by atoms with Gasteiger partial charge in [0.15, 0.2) is 6.29 Å².